The SMILES string of the molecule is Cc1ccc(SCC(CC=O)OC(C)(C)C)cc1. The van der Waals surface area contributed by atoms with Crippen LogP contribution in [0.3, 0.4) is 0 Å². The summed E-state index contributed by atoms with van der Waals surface area (Å²) in [5.74, 6) is 0.805. The van der Waals surface area contributed by atoms with Gasteiger partial charge < -0.3 is 9.53 Å². The third kappa shape index (κ3) is 6.22. The van der Waals surface area contributed by atoms with Crippen molar-refractivity contribution in [2.45, 2.75) is 50.7 Å². The van der Waals surface area contributed by atoms with Crippen molar-refractivity contribution >= 4 is 18.0 Å². The zero-order valence-corrected chi connectivity index (χ0v) is 12.4. The molecule has 0 heterocycles. The first kappa shape index (κ1) is 15.3. The summed E-state index contributed by atoms with van der Waals surface area (Å²) >= 11 is 1.73. The molecule has 0 aliphatic heterocycles. The number of aldehydes is 1. The molecule has 0 spiro atoms. The number of aryl methyl sites for hydroxylation is 1. The highest BCUT2D eigenvalue weighted by Gasteiger charge is 2.18. The minimum Gasteiger partial charge on any atom is -0.371 e. The number of ether oxygens (including phenoxy) is 1. The van der Waals surface area contributed by atoms with Crippen molar-refractivity contribution in [3.8, 4) is 0 Å². The van der Waals surface area contributed by atoms with Crippen LogP contribution in [0.25, 0.3) is 0 Å². The standard InChI is InChI=1S/C15H22O2S/c1-12-5-7-14(8-6-12)18-11-13(9-10-16)17-15(2,3)4/h5-8,10,13H,9,11H2,1-4H3. The van der Waals surface area contributed by atoms with Crippen LogP contribution >= 0.6 is 11.8 Å². The molecule has 1 unspecified atom stereocenters. The van der Waals surface area contributed by atoms with Crippen molar-refractivity contribution < 1.29 is 9.53 Å². The van der Waals surface area contributed by atoms with Crippen LogP contribution in [0, 0.1) is 6.92 Å². The molecule has 0 fully saturated rings. The molecule has 2 nitrogen and oxygen atoms in total. The third-order valence-electron chi connectivity index (χ3n) is 2.34. The predicted molar refractivity (Wildman–Crippen MR) is 77.2 cm³/mol. The Bertz CT molecular complexity index is 365. The monoisotopic (exact) mass is 266 g/mol. The Morgan fingerprint density at radius 1 is 1.28 bits per heavy atom. The van der Waals surface area contributed by atoms with Crippen LogP contribution in [-0.4, -0.2) is 23.7 Å². The van der Waals surface area contributed by atoms with Gasteiger partial charge in [-0.1, -0.05) is 17.7 Å². The first-order chi connectivity index (χ1) is 8.40. The van der Waals surface area contributed by atoms with E-state index in [-0.39, 0.29) is 11.7 Å². The van der Waals surface area contributed by atoms with Gasteiger partial charge in [0.2, 0.25) is 0 Å². The van der Waals surface area contributed by atoms with Crippen LogP contribution in [0.2, 0.25) is 0 Å². The lowest BCUT2D eigenvalue weighted by atomic mass is 10.2. The molecular formula is C15H22O2S. The van der Waals surface area contributed by atoms with Crippen LogP contribution in [0.5, 0.6) is 0 Å². The summed E-state index contributed by atoms with van der Waals surface area (Å²) in [4.78, 5) is 11.9. The van der Waals surface area contributed by atoms with Gasteiger partial charge >= 0.3 is 0 Å². The summed E-state index contributed by atoms with van der Waals surface area (Å²) in [6.07, 6.45) is 1.37. The van der Waals surface area contributed by atoms with Gasteiger partial charge in [0.1, 0.15) is 6.29 Å². The lowest BCUT2D eigenvalue weighted by Crippen LogP contribution is -2.29. The second-order valence-electron chi connectivity index (χ2n) is 5.38. The van der Waals surface area contributed by atoms with Gasteiger partial charge in [-0.3, -0.25) is 0 Å². The molecular weight excluding hydrogens is 244 g/mol. The minimum atomic E-state index is -0.207. The van der Waals surface area contributed by atoms with E-state index in [9.17, 15) is 4.79 Å². The van der Waals surface area contributed by atoms with Crippen molar-refractivity contribution in [1.29, 1.82) is 0 Å². The summed E-state index contributed by atoms with van der Waals surface area (Å²) in [6, 6.07) is 8.41. The van der Waals surface area contributed by atoms with E-state index >= 15 is 0 Å². The smallest absolute Gasteiger partial charge is 0.122 e. The van der Waals surface area contributed by atoms with Gasteiger partial charge in [-0.05, 0) is 39.8 Å². The van der Waals surface area contributed by atoms with E-state index in [2.05, 4.69) is 31.2 Å². The molecule has 0 aromatic heterocycles. The predicted octanol–water partition coefficient (Wildman–Crippen LogP) is 3.86. The Labute approximate surface area is 114 Å². The van der Waals surface area contributed by atoms with E-state index in [4.69, 9.17) is 4.74 Å². The minimum absolute atomic E-state index is 0.0196. The van der Waals surface area contributed by atoms with Crippen molar-refractivity contribution in [3.05, 3.63) is 29.8 Å². The van der Waals surface area contributed by atoms with Gasteiger partial charge in [0.15, 0.2) is 0 Å². The van der Waals surface area contributed by atoms with Gasteiger partial charge in [-0.25, -0.2) is 0 Å². The molecule has 1 atom stereocenters. The zero-order valence-electron chi connectivity index (χ0n) is 11.6. The molecule has 1 aromatic carbocycles. The molecule has 0 bridgehead atoms. The zero-order chi connectivity index (χ0) is 13.6. The first-order valence-electron chi connectivity index (χ1n) is 6.21. The molecule has 0 N–H and O–H groups in total. The summed E-state index contributed by atoms with van der Waals surface area (Å²) in [6.45, 7) is 8.12. The van der Waals surface area contributed by atoms with E-state index < -0.39 is 0 Å². The van der Waals surface area contributed by atoms with Crippen LogP contribution in [0.1, 0.15) is 32.8 Å². The van der Waals surface area contributed by atoms with Gasteiger partial charge in [0.05, 0.1) is 11.7 Å². The fourth-order valence-corrected chi connectivity index (χ4v) is 2.49. The molecule has 3 heteroatoms. The molecule has 0 saturated heterocycles. The summed E-state index contributed by atoms with van der Waals surface area (Å²) in [5, 5.41) is 0. The Hall–Kier alpha value is -0.800. The molecule has 0 aliphatic rings. The lowest BCUT2D eigenvalue weighted by molar-refractivity contribution is -0.113. The van der Waals surface area contributed by atoms with Crippen LogP contribution in [0.15, 0.2) is 29.2 Å². The number of thioether (sulfide) groups is 1. The van der Waals surface area contributed by atoms with Crippen molar-refractivity contribution in [1.82, 2.24) is 0 Å². The molecule has 1 aromatic rings. The molecule has 0 amide bonds. The molecule has 0 aliphatic carbocycles. The number of hydrogen-bond donors (Lipinski definition) is 0. The van der Waals surface area contributed by atoms with Crippen LogP contribution in [-0.2, 0) is 9.53 Å². The third-order valence-corrected chi connectivity index (χ3v) is 3.48. The van der Waals surface area contributed by atoms with E-state index in [1.54, 1.807) is 11.8 Å². The van der Waals surface area contributed by atoms with Gasteiger partial charge in [-0.15, -0.1) is 11.8 Å². The van der Waals surface area contributed by atoms with E-state index in [1.807, 2.05) is 20.8 Å². The maximum atomic E-state index is 10.7. The fourth-order valence-electron chi connectivity index (χ4n) is 1.58. The highest BCUT2D eigenvalue weighted by atomic mass is 32.2. The molecule has 1 rings (SSSR count). The number of benzene rings is 1. The maximum absolute atomic E-state index is 10.7. The lowest BCUT2D eigenvalue weighted by Gasteiger charge is -2.26. The second kappa shape index (κ2) is 6.95. The van der Waals surface area contributed by atoms with Crippen LogP contribution in [0.4, 0.5) is 0 Å². The van der Waals surface area contributed by atoms with Gasteiger partial charge in [0.25, 0.3) is 0 Å². The number of rotatable bonds is 6. The quantitative estimate of drug-likeness (QED) is 0.577. The molecule has 18 heavy (non-hydrogen) atoms. The average molecular weight is 266 g/mol. The normalized spacial score (nSPS) is 13.3. The fraction of sp³-hybridized carbons (Fsp3) is 0.533. The molecule has 0 saturated carbocycles. The van der Waals surface area contributed by atoms with Gasteiger partial charge in [-0.2, -0.15) is 0 Å². The summed E-state index contributed by atoms with van der Waals surface area (Å²) in [5.41, 5.74) is 1.05. The summed E-state index contributed by atoms with van der Waals surface area (Å²) < 4.78 is 5.87. The molecule has 0 radical (unpaired) electrons. The van der Waals surface area contributed by atoms with Crippen LogP contribution < -0.4 is 0 Å². The largest absolute Gasteiger partial charge is 0.371 e. The molecule has 100 valence electrons. The highest BCUT2D eigenvalue weighted by Crippen LogP contribution is 2.23. The van der Waals surface area contributed by atoms with Crippen molar-refractivity contribution in [3.63, 3.8) is 0 Å². The first-order valence-corrected chi connectivity index (χ1v) is 7.20. The van der Waals surface area contributed by atoms with Crippen molar-refractivity contribution in [2.24, 2.45) is 0 Å². The van der Waals surface area contributed by atoms with Crippen molar-refractivity contribution in [2.75, 3.05) is 5.75 Å². The maximum Gasteiger partial charge on any atom is 0.122 e. The van der Waals surface area contributed by atoms with E-state index in [0.717, 1.165) is 12.0 Å². The Balaban J connectivity index is 2.51. The Morgan fingerprint density at radius 2 is 1.89 bits per heavy atom. The number of hydrogen-bond acceptors (Lipinski definition) is 3. The Kier molecular flexibility index (Phi) is 5.89. The highest BCUT2D eigenvalue weighted by molar-refractivity contribution is 7.99. The second-order valence-corrected chi connectivity index (χ2v) is 6.47. The average Bonchev–Trinajstić information content (AvgIpc) is 2.26. The van der Waals surface area contributed by atoms with E-state index in [0.29, 0.717) is 6.42 Å². The number of carbonyl (C=O) groups is 1. The summed E-state index contributed by atoms with van der Waals surface area (Å²) in [7, 11) is 0. The van der Waals surface area contributed by atoms with Gasteiger partial charge in [0, 0.05) is 17.1 Å². The topological polar surface area (TPSA) is 26.3 Å². The Morgan fingerprint density at radius 3 is 2.39 bits per heavy atom. The van der Waals surface area contributed by atoms with E-state index in [1.165, 1.54) is 10.5 Å². The number of carbonyl (C=O) groups excluding carboxylic acids is 1.